The molecule has 176 valence electrons. The highest BCUT2D eigenvalue weighted by Gasteiger charge is 2.46. The van der Waals surface area contributed by atoms with Crippen molar-refractivity contribution in [3.8, 4) is 0 Å². The van der Waals surface area contributed by atoms with E-state index in [-0.39, 0.29) is 24.2 Å². The highest BCUT2D eigenvalue weighted by atomic mass is 16.7. The number of hydrogen-bond acceptors (Lipinski definition) is 6. The van der Waals surface area contributed by atoms with Crippen LogP contribution in [0.3, 0.4) is 0 Å². The molecule has 6 unspecified atom stereocenters. The van der Waals surface area contributed by atoms with Crippen molar-refractivity contribution in [1.29, 1.82) is 0 Å². The first-order chi connectivity index (χ1) is 15.2. The van der Waals surface area contributed by atoms with Crippen molar-refractivity contribution in [2.24, 2.45) is 17.6 Å². The number of hydrogen-bond donors (Lipinski definition) is 5. The average molecular weight is 439 g/mol. The molecule has 0 aromatic heterocycles. The normalized spacial score (nSPS) is 41.5. The molecule has 5 saturated heterocycles. The first-order valence-electron chi connectivity index (χ1n) is 12.7. The highest BCUT2D eigenvalue weighted by molar-refractivity contribution is 5.76. The van der Waals surface area contributed by atoms with Crippen LogP contribution in [0.25, 0.3) is 0 Å². The third-order valence-electron chi connectivity index (χ3n) is 8.63. The minimum Gasteiger partial charge on any atom is -0.381 e. The molecule has 9 nitrogen and oxygen atoms in total. The Hall–Kier alpha value is -0.810. The molecule has 7 N–H and O–H groups in total. The Bertz CT molecular complexity index is 610. The van der Waals surface area contributed by atoms with E-state index >= 15 is 0 Å². The van der Waals surface area contributed by atoms with Crippen LogP contribution < -0.4 is 26.7 Å². The fourth-order valence-electron chi connectivity index (χ4n) is 6.78. The Morgan fingerprint density at radius 3 is 2.68 bits per heavy atom. The summed E-state index contributed by atoms with van der Waals surface area (Å²) in [5, 5.41) is 6.33. The monoisotopic (exact) mass is 438 g/mol. The van der Waals surface area contributed by atoms with Crippen LogP contribution in [-0.4, -0.2) is 80.8 Å². The van der Waals surface area contributed by atoms with Gasteiger partial charge in [0.2, 0.25) is 5.91 Å². The number of amides is 1. The number of primary amides is 1. The summed E-state index contributed by atoms with van der Waals surface area (Å²) in [5.41, 5.74) is 8.89. The molecule has 31 heavy (non-hydrogen) atoms. The predicted octanol–water partition coefficient (Wildman–Crippen LogP) is -2.51. The van der Waals surface area contributed by atoms with Gasteiger partial charge in [-0.05, 0) is 12.8 Å². The summed E-state index contributed by atoms with van der Waals surface area (Å²) in [6.45, 7) is 6.21. The third kappa shape index (κ3) is 4.93. The van der Waals surface area contributed by atoms with E-state index in [1.807, 2.05) is 0 Å². The summed E-state index contributed by atoms with van der Waals surface area (Å²) >= 11 is 0. The van der Waals surface area contributed by atoms with Gasteiger partial charge in [0, 0.05) is 63.5 Å². The van der Waals surface area contributed by atoms with Crippen molar-refractivity contribution in [1.82, 2.24) is 15.7 Å². The van der Waals surface area contributed by atoms with Crippen molar-refractivity contribution in [2.45, 2.75) is 82.0 Å². The van der Waals surface area contributed by atoms with E-state index in [2.05, 4.69) is 21.0 Å². The molecule has 9 heteroatoms. The van der Waals surface area contributed by atoms with Gasteiger partial charge >= 0.3 is 0 Å². The van der Waals surface area contributed by atoms with Crippen LogP contribution in [0.2, 0.25) is 0 Å². The van der Waals surface area contributed by atoms with Crippen LogP contribution in [0.5, 0.6) is 0 Å². The average Bonchev–Trinajstić information content (AvgIpc) is 3.50. The fourth-order valence-corrected chi connectivity index (χ4v) is 6.78. The molecule has 5 fully saturated rings. The molecule has 5 rings (SSSR count). The van der Waals surface area contributed by atoms with E-state index in [0.717, 1.165) is 58.2 Å². The summed E-state index contributed by atoms with van der Waals surface area (Å²) in [7, 11) is 0. The van der Waals surface area contributed by atoms with Gasteiger partial charge in [0.25, 0.3) is 0 Å². The van der Waals surface area contributed by atoms with Crippen molar-refractivity contribution < 1.29 is 24.6 Å². The molecule has 0 saturated carbocycles. The minimum atomic E-state index is -0.128. The first kappa shape index (κ1) is 22.0. The summed E-state index contributed by atoms with van der Waals surface area (Å²) in [5.74, 6) is 0.508. The first-order valence-corrected chi connectivity index (χ1v) is 12.7. The van der Waals surface area contributed by atoms with Gasteiger partial charge in [-0.1, -0.05) is 0 Å². The van der Waals surface area contributed by atoms with Gasteiger partial charge in [-0.2, -0.15) is 5.48 Å². The molecular formula is C22H42N6O3+2. The molecule has 0 aliphatic carbocycles. The topological polar surface area (TPSA) is 110 Å². The highest BCUT2D eigenvalue weighted by Crippen LogP contribution is 2.25. The smallest absolute Gasteiger partial charge is 0.220 e. The Labute approximate surface area is 185 Å². The molecular weight excluding hydrogens is 396 g/mol. The molecule has 0 aromatic rings. The van der Waals surface area contributed by atoms with Crippen molar-refractivity contribution in [2.75, 3.05) is 39.4 Å². The van der Waals surface area contributed by atoms with Crippen LogP contribution in [0.15, 0.2) is 0 Å². The number of nitrogens with one attached hydrogen (secondary N) is 3. The Morgan fingerprint density at radius 2 is 1.90 bits per heavy atom. The quantitative estimate of drug-likeness (QED) is 0.324. The minimum absolute atomic E-state index is 0.0653. The lowest BCUT2D eigenvalue weighted by Crippen LogP contribution is -3.19. The number of rotatable bonds is 5. The SMILES string of the molecule is NC(=O)C1CCN(C2CC(C3NOC(C4CCC[NH+]4C4CCOCC4)N3)CC[NH2+]2)CC1. The standard InChI is InChI=1S/C22H40N6O3/c23-20(29)15-4-10-27(11-5-15)19-14-16(3-8-24-19)21-25-22(31-26-21)18-2-1-9-28(18)17-6-12-30-13-7-17/h15-19,21-22,24-26H,1-14H2,(H2,23,29)/p+2. The van der Waals surface area contributed by atoms with E-state index < -0.39 is 0 Å². The number of carbonyl (C=O) groups excluding carboxylic acids is 1. The zero-order chi connectivity index (χ0) is 21.2. The fraction of sp³-hybridized carbons (Fsp3) is 0.955. The third-order valence-corrected chi connectivity index (χ3v) is 8.63. The lowest BCUT2D eigenvalue weighted by atomic mass is 9.90. The number of hydroxylamine groups is 1. The van der Waals surface area contributed by atoms with Crippen molar-refractivity contribution in [3.63, 3.8) is 0 Å². The Balaban J connectivity index is 1.13. The zero-order valence-electron chi connectivity index (χ0n) is 18.8. The zero-order valence-corrected chi connectivity index (χ0v) is 18.8. The molecule has 5 aliphatic heterocycles. The van der Waals surface area contributed by atoms with Crippen LogP contribution >= 0.6 is 0 Å². The second kappa shape index (κ2) is 9.99. The lowest BCUT2D eigenvalue weighted by Gasteiger charge is -2.39. The summed E-state index contributed by atoms with van der Waals surface area (Å²) in [6, 6.07) is 1.27. The number of likely N-dealkylation sites (tertiary alicyclic amines) is 2. The second-order valence-corrected chi connectivity index (χ2v) is 10.3. The van der Waals surface area contributed by atoms with E-state index in [9.17, 15) is 4.79 Å². The van der Waals surface area contributed by atoms with Gasteiger partial charge < -0.3 is 20.7 Å². The summed E-state index contributed by atoms with van der Waals surface area (Å²) in [6.07, 6.45) is 9.93. The predicted molar refractivity (Wildman–Crippen MR) is 114 cm³/mol. The van der Waals surface area contributed by atoms with Crippen LogP contribution in [0.4, 0.5) is 0 Å². The largest absolute Gasteiger partial charge is 0.381 e. The summed E-state index contributed by atoms with van der Waals surface area (Å²) in [4.78, 5) is 21.9. The van der Waals surface area contributed by atoms with Crippen LogP contribution in [0, 0.1) is 11.8 Å². The molecule has 0 bridgehead atoms. The Kier molecular flexibility index (Phi) is 7.09. The molecule has 0 spiro atoms. The molecule has 6 atom stereocenters. The second-order valence-electron chi connectivity index (χ2n) is 10.3. The van der Waals surface area contributed by atoms with Gasteiger partial charge in [-0.25, -0.2) is 0 Å². The maximum atomic E-state index is 11.5. The molecule has 1 amide bonds. The molecule has 5 heterocycles. The van der Waals surface area contributed by atoms with E-state index in [4.69, 9.17) is 15.3 Å². The number of quaternary nitrogens is 2. The van der Waals surface area contributed by atoms with Crippen LogP contribution in [0.1, 0.15) is 51.4 Å². The summed E-state index contributed by atoms with van der Waals surface area (Å²) < 4.78 is 5.59. The lowest BCUT2D eigenvalue weighted by molar-refractivity contribution is -0.942. The van der Waals surface area contributed by atoms with Gasteiger partial charge in [0.15, 0.2) is 6.23 Å². The van der Waals surface area contributed by atoms with Crippen LogP contribution in [-0.2, 0) is 14.4 Å². The molecule has 0 radical (unpaired) electrons. The molecule has 5 aliphatic rings. The van der Waals surface area contributed by atoms with Gasteiger partial charge in [0.05, 0.1) is 38.5 Å². The number of piperidine rings is 2. The van der Waals surface area contributed by atoms with E-state index in [1.165, 1.54) is 38.6 Å². The number of ether oxygens (including phenoxy) is 1. The Morgan fingerprint density at radius 1 is 1.10 bits per heavy atom. The van der Waals surface area contributed by atoms with E-state index in [0.29, 0.717) is 18.1 Å². The van der Waals surface area contributed by atoms with E-state index in [1.54, 1.807) is 4.90 Å². The number of nitrogens with two attached hydrogens (primary N) is 2. The van der Waals surface area contributed by atoms with Crippen molar-refractivity contribution in [3.05, 3.63) is 0 Å². The maximum Gasteiger partial charge on any atom is 0.220 e. The van der Waals surface area contributed by atoms with Crippen molar-refractivity contribution >= 4 is 5.91 Å². The van der Waals surface area contributed by atoms with Gasteiger partial charge in [-0.15, -0.1) is 0 Å². The molecule has 0 aromatic carbocycles. The number of carbonyl (C=O) groups is 1. The van der Waals surface area contributed by atoms with Gasteiger partial charge in [0.1, 0.15) is 12.2 Å². The maximum absolute atomic E-state index is 11.5. The number of nitrogens with zero attached hydrogens (tertiary/aromatic N) is 1. The van der Waals surface area contributed by atoms with Gasteiger partial charge in [-0.3, -0.25) is 19.8 Å².